The van der Waals surface area contributed by atoms with Gasteiger partial charge in [-0.3, -0.25) is 0 Å². The van der Waals surface area contributed by atoms with Crippen LogP contribution in [0.2, 0.25) is 0 Å². The van der Waals surface area contributed by atoms with Crippen molar-refractivity contribution >= 4 is 17.3 Å². The third-order valence-corrected chi connectivity index (χ3v) is 3.47. The fourth-order valence-corrected chi connectivity index (χ4v) is 2.45. The molecule has 0 amide bonds. The van der Waals surface area contributed by atoms with Gasteiger partial charge in [0.2, 0.25) is 0 Å². The molecule has 0 atom stereocenters. The quantitative estimate of drug-likeness (QED) is 0.845. The van der Waals surface area contributed by atoms with Crippen LogP contribution in [-0.4, -0.2) is 13.1 Å². The molecule has 0 spiro atoms. The maximum atomic E-state index is 11.2. The number of hydrogen-bond acceptors (Lipinski definition) is 5. The molecule has 96 valence electrons. The summed E-state index contributed by atoms with van der Waals surface area (Å²) in [6.07, 6.45) is 1.41. The largest absolute Gasteiger partial charge is 0.467 e. The molecule has 0 aliphatic rings. The average molecular weight is 265 g/mol. The number of esters is 1. The minimum atomic E-state index is -0.376. The average Bonchev–Trinajstić information content (AvgIpc) is 2.98. The summed E-state index contributed by atoms with van der Waals surface area (Å²) in [6.45, 7) is 3.48. The predicted octanol–water partition coefficient (Wildman–Crippen LogP) is 2.73. The predicted molar refractivity (Wildman–Crippen MR) is 69.6 cm³/mol. The van der Waals surface area contributed by atoms with Crippen molar-refractivity contribution in [2.24, 2.45) is 0 Å². The Morgan fingerprint density at radius 1 is 1.44 bits per heavy atom. The Labute approximate surface area is 110 Å². The summed E-state index contributed by atoms with van der Waals surface area (Å²) in [5, 5.41) is 3.27. The summed E-state index contributed by atoms with van der Waals surface area (Å²) in [5.74, 6) is 0.350. The Balaban J connectivity index is 1.83. The molecule has 0 saturated heterocycles. The lowest BCUT2D eigenvalue weighted by molar-refractivity contribution is 0.0600. The Hall–Kier alpha value is -1.59. The van der Waals surface area contributed by atoms with Crippen LogP contribution in [0, 0.1) is 6.92 Å². The van der Waals surface area contributed by atoms with E-state index >= 15 is 0 Å². The highest BCUT2D eigenvalue weighted by atomic mass is 32.1. The van der Waals surface area contributed by atoms with Crippen LogP contribution < -0.4 is 5.32 Å². The lowest BCUT2D eigenvalue weighted by atomic mass is 10.3. The molecule has 0 radical (unpaired) electrons. The number of ether oxygens (including phenoxy) is 1. The molecule has 5 heteroatoms. The molecule has 0 aliphatic carbocycles. The van der Waals surface area contributed by atoms with Gasteiger partial charge >= 0.3 is 5.97 Å². The van der Waals surface area contributed by atoms with Crippen molar-refractivity contribution in [3.8, 4) is 0 Å². The maximum absolute atomic E-state index is 11.2. The number of carbonyl (C=O) groups excluding carboxylic acids is 1. The third-order valence-electron chi connectivity index (χ3n) is 2.47. The summed E-state index contributed by atoms with van der Waals surface area (Å²) in [5.41, 5.74) is 0.446. The van der Waals surface area contributed by atoms with E-state index in [-0.39, 0.29) is 5.97 Å². The zero-order valence-corrected chi connectivity index (χ0v) is 11.2. The topological polar surface area (TPSA) is 51.5 Å². The van der Waals surface area contributed by atoms with E-state index in [4.69, 9.17) is 4.42 Å². The van der Waals surface area contributed by atoms with Crippen LogP contribution in [0.3, 0.4) is 0 Å². The fraction of sp³-hybridized carbons (Fsp3) is 0.308. The number of methoxy groups -OCH3 is 1. The first-order valence-corrected chi connectivity index (χ1v) is 6.42. The van der Waals surface area contributed by atoms with Crippen molar-refractivity contribution in [3.05, 3.63) is 45.5 Å². The first kappa shape index (κ1) is 12.9. The van der Waals surface area contributed by atoms with E-state index in [1.807, 2.05) is 0 Å². The molecule has 2 heterocycles. The molecule has 0 aromatic carbocycles. The van der Waals surface area contributed by atoms with Gasteiger partial charge in [0.05, 0.1) is 19.2 Å². The number of hydrogen-bond donors (Lipinski definition) is 1. The molecule has 0 unspecified atom stereocenters. The van der Waals surface area contributed by atoms with Gasteiger partial charge in [-0.05, 0) is 25.1 Å². The van der Waals surface area contributed by atoms with Crippen LogP contribution in [-0.2, 0) is 17.8 Å². The van der Waals surface area contributed by atoms with Gasteiger partial charge in [-0.15, -0.1) is 11.3 Å². The number of carbonyl (C=O) groups is 1. The monoisotopic (exact) mass is 265 g/mol. The first-order chi connectivity index (χ1) is 8.69. The van der Waals surface area contributed by atoms with Crippen molar-refractivity contribution in [3.63, 3.8) is 0 Å². The van der Waals surface area contributed by atoms with Crippen molar-refractivity contribution in [1.29, 1.82) is 0 Å². The van der Waals surface area contributed by atoms with Gasteiger partial charge in [-0.2, -0.15) is 0 Å². The van der Waals surface area contributed by atoms with Gasteiger partial charge in [0.15, 0.2) is 0 Å². The molecule has 0 aliphatic heterocycles. The summed E-state index contributed by atoms with van der Waals surface area (Å²) >= 11 is 1.77. The molecule has 0 bridgehead atoms. The molecule has 0 fully saturated rings. The summed E-state index contributed by atoms with van der Waals surface area (Å²) in [7, 11) is 1.35. The summed E-state index contributed by atoms with van der Waals surface area (Å²) in [4.78, 5) is 13.8. The Morgan fingerprint density at radius 3 is 2.94 bits per heavy atom. The molecule has 4 nitrogen and oxygen atoms in total. The van der Waals surface area contributed by atoms with Crippen LogP contribution >= 0.6 is 11.3 Å². The van der Waals surface area contributed by atoms with Gasteiger partial charge in [-0.25, -0.2) is 4.79 Å². The highest BCUT2D eigenvalue weighted by Gasteiger charge is 2.09. The minimum Gasteiger partial charge on any atom is -0.467 e. The van der Waals surface area contributed by atoms with Crippen LogP contribution in [0.15, 0.2) is 28.9 Å². The van der Waals surface area contributed by atoms with Crippen molar-refractivity contribution in [1.82, 2.24) is 5.32 Å². The highest BCUT2D eigenvalue weighted by molar-refractivity contribution is 7.11. The third kappa shape index (κ3) is 3.21. The normalized spacial score (nSPS) is 10.6. The second kappa shape index (κ2) is 5.84. The zero-order valence-electron chi connectivity index (χ0n) is 10.4. The highest BCUT2D eigenvalue weighted by Crippen LogP contribution is 2.15. The standard InChI is InChI=1S/C13H15NO3S/c1-9-3-4-12(18-9)7-14-6-11-5-10(8-17-11)13(15)16-2/h3-5,8,14H,6-7H2,1-2H3. The molecule has 2 aromatic rings. The minimum absolute atomic E-state index is 0.376. The molecule has 1 N–H and O–H groups in total. The summed E-state index contributed by atoms with van der Waals surface area (Å²) in [6, 6.07) is 5.90. The first-order valence-electron chi connectivity index (χ1n) is 5.61. The van der Waals surface area contributed by atoms with Gasteiger partial charge in [0.1, 0.15) is 12.0 Å². The van der Waals surface area contributed by atoms with E-state index in [0.29, 0.717) is 12.1 Å². The fourth-order valence-electron chi connectivity index (χ4n) is 1.59. The van der Waals surface area contributed by atoms with E-state index in [0.717, 1.165) is 12.3 Å². The molecule has 2 rings (SSSR count). The molecule has 2 aromatic heterocycles. The maximum Gasteiger partial charge on any atom is 0.341 e. The van der Waals surface area contributed by atoms with E-state index in [2.05, 4.69) is 29.1 Å². The van der Waals surface area contributed by atoms with E-state index in [9.17, 15) is 4.79 Å². The van der Waals surface area contributed by atoms with Crippen molar-refractivity contribution in [2.45, 2.75) is 20.0 Å². The molecular formula is C13H15NO3S. The van der Waals surface area contributed by atoms with E-state index < -0.39 is 0 Å². The SMILES string of the molecule is COC(=O)c1coc(CNCc2ccc(C)s2)c1. The lowest BCUT2D eigenvalue weighted by Gasteiger charge is -1.99. The second-order valence-electron chi connectivity index (χ2n) is 3.91. The van der Waals surface area contributed by atoms with Crippen molar-refractivity contribution < 1.29 is 13.9 Å². The van der Waals surface area contributed by atoms with Gasteiger partial charge in [-0.1, -0.05) is 0 Å². The van der Waals surface area contributed by atoms with Gasteiger partial charge < -0.3 is 14.5 Å². The van der Waals surface area contributed by atoms with Gasteiger partial charge in [0.25, 0.3) is 0 Å². The molecule has 18 heavy (non-hydrogen) atoms. The van der Waals surface area contributed by atoms with E-state index in [1.165, 1.54) is 23.1 Å². The number of aryl methyl sites for hydroxylation is 1. The van der Waals surface area contributed by atoms with Crippen LogP contribution in [0.25, 0.3) is 0 Å². The number of thiophene rings is 1. The van der Waals surface area contributed by atoms with Crippen LogP contribution in [0.4, 0.5) is 0 Å². The number of nitrogens with one attached hydrogen (secondary N) is 1. The van der Waals surface area contributed by atoms with Crippen molar-refractivity contribution in [2.75, 3.05) is 7.11 Å². The zero-order chi connectivity index (χ0) is 13.0. The number of furan rings is 1. The van der Waals surface area contributed by atoms with E-state index in [1.54, 1.807) is 17.4 Å². The molecule has 0 saturated carbocycles. The second-order valence-corrected chi connectivity index (χ2v) is 5.28. The van der Waals surface area contributed by atoms with Crippen LogP contribution in [0.5, 0.6) is 0 Å². The lowest BCUT2D eigenvalue weighted by Crippen LogP contribution is -2.11. The Bertz CT molecular complexity index is 530. The summed E-state index contributed by atoms with van der Waals surface area (Å²) < 4.78 is 9.88. The number of rotatable bonds is 5. The Kier molecular flexibility index (Phi) is 4.17. The Morgan fingerprint density at radius 2 is 2.28 bits per heavy atom. The van der Waals surface area contributed by atoms with Crippen LogP contribution in [0.1, 0.15) is 25.9 Å². The molecular weight excluding hydrogens is 250 g/mol. The van der Waals surface area contributed by atoms with Gasteiger partial charge in [0, 0.05) is 16.3 Å². The smallest absolute Gasteiger partial charge is 0.341 e.